The highest BCUT2D eigenvalue weighted by molar-refractivity contribution is 7.86. The maximum absolute atomic E-state index is 11.1. The summed E-state index contributed by atoms with van der Waals surface area (Å²) in [6.07, 6.45) is 1.19. The number of hydrogen-bond acceptors (Lipinski definition) is 4. The third-order valence-electron chi connectivity index (χ3n) is 1.13. The van der Waals surface area contributed by atoms with Gasteiger partial charge in [0.25, 0.3) is 0 Å². The van der Waals surface area contributed by atoms with Crippen molar-refractivity contribution in [3.05, 3.63) is 17.5 Å². The summed E-state index contributed by atoms with van der Waals surface area (Å²) in [5.74, 6) is 0. The van der Waals surface area contributed by atoms with Gasteiger partial charge in [0.2, 0.25) is 5.22 Å². The normalized spacial score (nSPS) is 11.8. The summed E-state index contributed by atoms with van der Waals surface area (Å²) >= 11 is 5.43. The molecule has 6 heteroatoms. The Labute approximate surface area is 75.2 Å². The van der Waals surface area contributed by atoms with E-state index in [0.717, 1.165) is 0 Å². The van der Waals surface area contributed by atoms with E-state index in [1.54, 1.807) is 6.92 Å². The summed E-state index contributed by atoms with van der Waals surface area (Å²) in [4.78, 5) is -0.133. The smallest absolute Gasteiger partial charge is 0.301 e. The van der Waals surface area contributed by atoms with Crippen LogP contribution in [0.25, 0.3) is 0 Å². The Morgan fingerprint density at radius 3 is 2.75 bits per heavy atom. The van der Waals surface area contributed by atoms with Crippen molar-refractivity contribution >= 4 is 21.7 Å². The highest BCUT2D eigenvalue weighted by atomic mass is 35.5. The molecular formula is C6H7ClO4S. The van der Waals surface area contributed by atoms with Crippen LogP contribution >= 0.6 is 11.6 Å². The second-order valence-electron chi connectivity index (χ2n) is 1.92. The molecule has 1 aromatic rings. The molecule has 0 radical (unpaired) electrons. The average molecular weight is 211 g/mol. The molecule has 68 valence electrons. The Morgan fingerprint density at radius 2 is 2.33 bits per heavy atom. The van der Waals surface area contributed by atoms with Crippen molar-refractivity contribution in [2.45, 2.75) is 11.8 Å². The second-order valence-corrected chi connectivity index (χ2v) is 3.85. The van der Waals surface area contributed by atoms with Crippen molar-refractivity contribution in [2.75, 3.05) is 6.61 Å². The third-order valence-corrected chi connectivity index (χ3v) is 2.94. The van der Waals surface area contributed by atoms with Crippen LogP contribution in [0.3, 0.4) is 0 Å². The zero-order valence-corrected chi connectivity index (χ0v) is 7.85. The fourth-order valence-corrected chi connectivity index (χ4v) is 1.98. The van der Waals surface area contributed by atoms with Gasteiger partial charge in [0.05, 0.1) is 12.9 Å². The molecule has 0 aliphatic carbocycles. The van der Waals surface area contributed by atoms with Gasteiger partial charge in [-0.1, -0.05) is 0 Å². The van der Waals surface area contributed by atoms with Gasteiger partial charge >= 0.3 is 10.1 Å². The van der Waals surface area contributed by atoms with Gasteiger partial charge in [-0.15, -0.1) is 0 Å². The van der Waals surface area contributed by atoms with Crippen LogP contribution in [0.15, 0.2) is 21.6 Å². The van der Waals surface area contributed by atoms with E-state index < -0.39 is 10.1 Å². The van der Waals surface area contributed by atoms with Gasteiger partial charge in [-0.3, -0.25) is 4.18 Å². The molecule has 0 unspecified atom stereocenters. The van der Waals surface area contributed by atoms with Crippen LogP contribution < -0.4 is 0 Å². The number of rotatable bonds is 3. The van der Waals surface area contributed by atoms with E-state index in [9.17, 15) is 8.42 Å². The number of furan rings is 1. The lowest BCUT2D eigenvalue weighted by Crippen LogP contribution is -2.04. The fraction of sp³-hybridized carbons (Fsp3) is 0.333. The van der Waals surface area contributed by atoms with E-state index in [0.29, 0.717) is 0 Å². The predicted molar refractivity (Wildman–Crippen MR) is 42.5 cm³/mol. The average Bonchev–Trinajstić information content (AvgIpc) is 2.35. The minimum absolute atomic E-state index is 0.0733. The van der Waals surface area contributed by atoms with E-state index in [1.165, 1.54) is 12.3 Å². The highest BCUT2D eigenvalue weighted by Crippen LogP contribution is 2.23. The van der Waals surface area contributed by atoms with Crippen molar-refractivity contribution in [3.63, 3.8) is 0 Å². The molecule has 0 atom stereocenters. The van der Waals surface area contributed by atoms with E-state index >= 15 is 0 Å². The zero-order valence-electron chi connectivity index (χ0n) is 6.28. The first-order valence-electron chi connectivity index (χ1n) is 3.20. The van der Waals surface area contributed by atoms with Gasteiger partial charge < -0.3 is 4.42 Å². The van der Waals surface area contributed by atoms with Crippen molar-refractivity contribution in [3.8, 4) is 0 Å². The van der Waals surface area contributed by atoms with Crippen molar-refractivity contribution in [1.29, 1.82) is 0 Å². The molecule has 0 amide bonds. The van der Waals surface area contributed by atoms with Gasteiger partial charge in [0.1, 0.15) is 0 Å². The molecule has 0 aliphatic heterocycles. The SMILES string of the molecule is CCOS(=O)(=O)c1ccoc1Cl. The third kappa shape index (κ3) is 1.80. The molecule has 1 rings (SSSR count). The molecular weight excluding hydrogens is 204 g/mol. The first-order valence-corrected chi connectivity index (χ1v) is 4.99. The standard InChI is InChI=1S/C6H7ClO4S/c1-2-11-12(8,9)5-3-4-10-6(5)7/h3-4H,2H2,1H3. The summed E-state index contributed by atoms with van der Waals surface area (Å²) in [7, 11) is -3.72. The van der Waals surface area contributed by atoms with Crippen molar-refractivity contribution in [2.24, 2.45) is 0 Å². The molecule has 0 N–H and O–H groups in total. The van der Waals surface area contributed by atoms with E-state index in [2.05, 4.69) is 8.60 Å². The monoisotopic (exact) mass is 210 g/mol. The number of hydrogen-bond donors (Lipinski definition) is 0. The fourth-order valence-electron chi connectivity index (χ4n) is 0.679. The summed E-state index contributed by atoms with van der Waals surface area (Å²) in [5, 5.41) is -0.177. The topological polar surface area (TPSA) is 56.5 Å². The van der Waals surface area contributed by atoms with Crippen molar-refractivity contribution < 1.29 is 17.0 Å². The lowest BCUT2D eigenvalue weighted by atomic mass is 10.7. The first-order chi connectivity index (χ1) is 5.58. The summed E-state index contributed by atoms with van der Waals surface area (Å²) < 4.78 is 31.4. The Hall–Kier alpha value is -0.520. The summed E-state index contributed by atoms with van der Waals surface area (Å²) in [6, 6.07) is 1.24. The van der Waals surface area contributed by atoms with Crippen LogP contribution in [0.2, 0.25) is 5.22 Å². The van der Waals surface area contributed by atoms with E-state index in [1.807, 2.05) is 0 Å². The molecule has 0 aromatic carbocycles. The second kappa shape index (κ2) is 3.47. The lowest BCUT2D eigenvalue weighted by Gasteiger charge is -1.98. The molecule has 4 nitrogen and oxygen atoms in total. The lowest BCUT2D eigenvalue weighted by molar-refractivity contribution is 0.337. The van der Waals surface area contributed by atoms with Gasteiger partial charge in [-0.05, 0) is 24.6 Å². The molecule has 1 heterocycles. The Balaban J connectivity index is 3.06. The molecule has 0 spiro atoms. The zero-order chi connectivity index (χ0) is 9.19. The molecule has 0 bridgehead atoms. The predicted octanol–water partition coefficient (Wildman–Crippen LogP) is 1.66. The van der Waals surface area contributed by atoms with E-state index in [4.69, 9.17) is 11.6 Å². The maximum Gasteiger partial charge on any atom is 0.301 e. The maximum atomic E-state index is 11.1. The van der Waals surface area contributed by atoms with Crippen LogP contribution in [0.1, 0.15) is 6.92 Å². The minimum atomic E-state index is -3.72. The van der Waals surface area contributed by atoms with Crippen LogP contribution in [0.5, 0.6) is 0 Å². The number of halogens is 1. The van der Waals surface area contributed by atoms with E-state index in [-0.39, 0.29) is 16.7 Å². The molecule has 1 aromatic heterocycles. The summed E-state index contributed by atoms with van der Waals surface area (Å²) in [6.45, 7) is 1.65. The molecule has 0 aliphatic rings. The largest absolute Gasteiger partial charge is 0.451 e. The Kier molecular flexibility index (Phi) is 2.76. The highest BCUT2D eigenvalue weighted by Gasteiger charge is 2.20. The molecule has 0 fully saturated rings. The van der Waals surface area contributed by atoms with Crippen LogP contribution in [-0.2, 0) is 14.3 Å². The van der Waals surface area contributed by atoms with Crippen molar-refractivity contribution in [1.82, 2.24) is 0 Å². The van der Waals surface area contributed by atoms with Crippen LogP contribution in [0, 0.1) is 0 Å². The minimum Gasteiger partial charge on any atom is -0.451 e. The first kappa shape index (κ1) is 9.57. The molecule has 0 saturated heterocycles. The van der Waals surface area contributed by atoms with Crippen LogP contribution in [-0.4, -0.2) is 15.0 Å². The van der Waals surface area contributed by atoms with Gasteiger partial charge in [-0.2, -0.15) is 8.42 Å². The van der Waals surface area contributed by atoms with Crippen LogP contribution in [0.4, 0.5) is 0 Å². The quantitative estimate of drug-likeness (QED) is 0.712. The van der Waals surface area contributed by atoms with Gasteiger partial charge in [-0.25, -0.2) is 0 Å². The summed E-state index contributed by atoms with van der Waals surface area (Å²) in [5.41, 5.74) is 0. The molecule has 12 heavy (non-hydrogen) atoms. The van der Waals surface area contributed by atoms with Gasteiger partial charge in [0.15, 0.2) is 4.90 Å². The molecule has 0 saturated carbocycles. The Bertz CT molecular complexity index is 353. The Morgan fingerprint density at radius 1 is 1.67 bits per heavy atom. The van der Waals surface area contributed by atoms with Gasteiger partial charge in [0, 0.05) is 0 Å².